The van der Waals surface area contributed by atoms with Gasteiger partial charge in [0.05, 0.1) is 23.9 Å². The normalized spacial score (nSPS) is 17.4. The largest absolute Gasteiger partial charge is 0.486 e. The molecule has 0 bridgehead atoms. The zero-order valence-electron chi connectivity index (χ0n) is 24.8. The Morgan fingerprint density at radius 1 is 1.02 bits per heavy atom. The highest BCUT2D eigenvalue weighted by Gasteiger charge is 2.34. The lowest BCUT2D eigenvalue weighted by atomic mass is 9.98. The van der Waals surface area contributed by atoms with Gasteiger partial charge in [-0.25, -0.2) is 0 Å². The number of nitrogens with zero attached hydrogens (tertiary/aromatic N) is 3. The molecule has 3 aromatic carbocycles. The maximum atomic E-state index is 13.7. The van der Waals surface area contributed by atoms with Gasteiger partial charge in [-0.3, -0.25) is 19.5 Å². The van der Waals surface area contributed by atoms with E-state index < -0.39 is 0 Å². The van der Waals surface area contributed by atoms with Crippen LogP contribution in [0.3, 0.4) is 0 Å². The number of para-hydroxylation sites is 1. The molecule has 1 aromatic heterocycles. The number of nitrogens with one attached hydrogen (secondary N) is 1. The molecule has 1 aliphatic heterocycles. The molecule has 8 heteroatoms. The van der Waals surface area contributed by atoms with Gasteiger partial charge in [0.1, 0.15) is 6.10 Å². The molecule has 2 heterocycles. The monoisotopic (exact) mass is 578 g/mol. The minimum atomic E-state index is -0.377. The molecule has 0 unspecified atom stereocenters. The van der Waals surface area contributed by atoms with Crippen molar-refractivity contribution in [3.05, 3.63) is 114 Å². The Labute approximate surface area is 252 Å². The van der Waals surface area contributed by atoms with Crippen molar-refractivity contribution in [2.45, 2.75) is 32.5 Å². The van der Waals surface area contributed by atoms with Crippen molar-refractivity contribution in [3.8, 4) is 16.9 Å². The lowest BCUT2D eigenvalue weighted by Crippen LogP contribution is -2.49. The van der Waals surface area contributed by atoms with Crippen LogP contribution in [-0.2, 0) is 6.54 Å². The van der Waals surface area contributed by atoms with Gasteiger partial charge in [-0.2, -0.15) is 0 Å². The van der Waals surface area contributed by atoms with E-state index in [2.05, 4.69) is 65.6 Å². The SMILES string of the molecule is C[C@@H]1CN([C@@H](C)CO)C(=O)c2cccc(NC(=O)c3ccncc3)c2O[C@H]1CN(C)Cc1ccc(-c2ccccc2)cc1. The molecular weight excluding hydrogens is 540 g/mol. The van der Waals surface area contributed by atoms with Gasteiger partial charge in [0.2, 0.25) is 0 Å². The van der Waals surface area contributed by atoms with Gasteiger partial charge in [-0.15, -0.1) is 0 Å². The summed E-state index contributed by atoms with van der Waals surface area (Å²) >= 11 is 0. The van der Waals surface area contributed by atoms with Crippen molar-refractivity contribution in [2.75, 3.05) is 32.1 Å². The van der Waals surface area contributed by atoms with Crippen LogP contribution in [0, 0.1) is 5.92 Å². The van der Waals surface area contributed by atoms with Gasteiger partial charge in [-0.05, 0) is 54.9 Å². The van der Waals surface area contributed by atoms with Gasteiger partial charge in [0.15, 0.2) is 5.75 Å². The summed E-state index contributed by atoms with van der Waals surface area (Å²) in [5.41, 5.74) is 4.75. The molecular formula is C35H38N4O4. The van der Waals surface area contributed by atoms with Crippen LogP contribution < -0.4 is 10.1 Å². The molecule has 8 nitrogen and oxygen atoms in total. The average Bonchev–Trinajstić information content (AvgIpc) is 3.03. The molecule has 0 saturated heterocycles. The van der Waals surface area contributed by atoms with Crippen LogP contribution in [0.2, 0.25) is 0 Å². The highest BCUT2D eigenvalue weighted by molar-refractivity contribution is 6.07. The van der Waals surface area contributed by atoms with Crippen molar-refractivity contribution < 1.29 is 19.4 Å². The summed E-state index contributed by atoms with van der Waals surface area (Å²) in [4.78, 5) is 34.7. The molecule has 0 radical (unpaired) electrons. The van der Waals surface area contributed by atoms with E-state index in [1.54, 1.807) is 47.6 Å². The van der Waals surface area contributed by atoms with Gasteiger partial charge in [-0.1, -0.05) is 67.6 Å². The highest BCUT2D eigenvalue weighted by atomic mass is 16.5. The standard InChI is InChI=1S/C35H38N4O4/c1-24-20-39(25(2)23-40)35(42)30-10-7-11-31(37-34(41)29-16-18-36-19-17-29)33(30)43-32(24)22-38(3)21-26-12-14-28(15-13-26)27-8-5-4-6-9-27/h4-19,24-25,32,40H,20-23H2,1-3H3,(H,37,41)/t24-,25+,32+/m1/s1. The van der Waals surface area contributed by atoms with Gasteiger partial charge >= 0.3 is 0 Å². The van der Waals surface area contributed by atoms with E-state index in [9.17, 15) is 14.7 Å². The second kappa shape index (κ2) is 13.6. The smallest absolute Gasteiger partial charge is 0.258 e. The molecule has 1 aliphatic rings. The second-order valence-corrected chi connectivity index (χ2v) is 11.3. The number of likely N-dealkylation sites (N-methyl/N-ethyl adjacent to an activating group) is 1. The molecule has 0 spiro atoms. The fraction of sp³-hybridized carbons (Fsp3) is 0.286. The maximum absolute atomic E-state index is 13.7. The van der Waals surface area contributed by atoms with Crippen molar-refractivity contribution >= 4 is 17.5 Å². The van der Waals surface area contributed by atoms with E-state index in [1.165, 1.54) is 16.7 Å². The third-order valence-electron chi connectivity index (χ3n) is 7.89. The zero-order valence-corrected chi connectivity index (χ0v) is 24.8. The first-order chi connectivity index (χ1) is 20.8. The summed E-state index contributed by atoms with van der Waals surface area (Å²) in [6.45, 7) is 5.46. The Kier molecular flexibility index (Phi) is 9.49. The molecule has 3 atom stereocenters. The van der Waals surface area contributed by atoms with Crippen molar-refractivity contribution in [3.63, 3.8) is 0 Å². The molecule has 0 saturated carbocycles. The predicted molar refractivity (Wildman–Crippen MR) is 168 cm³/mol. The first kappa shape index (κ1) is 29.9. The Morgan fingerprint density at radius 3 is 2.42 bits per heavy atom. The lowest BCUT2D eigenvalue weighted by molar-refractivity contribution is 0.0343. The van der Waals surface area contributed by atoms with Crippen LogP contribution in [0.25, 0.3) is 11.1 Å². The van der Waals surface area contributed by atoms with E-state index in [0.29, 0.717) is 42.2 Å². The summed E-state index contributed by atoms with van der Waals surface area (Å²) < 4.78 is 6.66. The minimum Gasteiger partial charge on any atom is -0.486 e. The van der Waals surface area contributed by atoms with Gasteiger partial charge in [0.25, 0.3) is 11.8 Å². The third kappa shape index (κ3) is 7.10. The number of benzene rings is 3. The fourth-order valence-corrected chi connectivity index (χ4v) is 5.37. The molecule has 5 rings (SSSR count). The van der Waals surface area contributed by atoms with Crippen LogP contribution in [-0.4, -0.2) is 70.6 Å². The number of carbonyl (C=O) groups excluding carboxylic acids is 2. The molecule has 43 heavy (non-hydrogen) atoms. The number of rotatable bonds is 9. The molecule has 2 N–H and O–H groups in total. The number of hydrogen-bond donors (Lipinski definition) is 2. The van der Waals surface area contributed by atoms with Crippen molar-refractivity contribution in [1.82, 2.24) is 14.8 Å². The summed E-state index contributed by atoms with van der Waals surface area (Å²) in [6.07, 6.45) is 2.82. The van der Waals surface area contributed by atoms with E-state index in [0.717, 1.165) is 0 Å². The lowest BCUT2D eigenvalue weighted by Gasteiger charge is -2.38. The summed E-state index contributed by atoms with van der Waals surface area (Å²) in [7, 11) is 2.05. The van der Waals surface area contributed by atoms with Crippen LogP contribution >= 0.6 is 0 Å². The van der Waals surface area contributed by atoms with Gasteiger partial charge in [0, 0.05) is 43.5 Å². The summed E-state index contributed by atoms with van der Waals surface area (Å²) in [5, 5.41) is 12.9. The number of hydrogen-bond acceptors (Lipinski definition) is 6. The zero-order chi connectivity index (χ0) is 30.3. The Hall–Kier alpha value is -4.53. The Morgan fingerprint density at radius 2 is 1.72 bits per heavy atom. The van der Waals surface area contributed by atoms with Crippen LogP contribution in [0.4, 0.5) is 5.69 Å². The molecule has 0 fully saturated rings. The molecule has 0 aliphatic carbocycles. The van der Waals surface area contributed by atoms with Crippen LogP contribution in [0.15, 0.2) is 97.3 Å². The van der Waals surface area contributed by atoms with E-state index in [-0.39, 0.29) is 36.5 Å². The van der Waals surface area contributed by atoms with E-state index in [4.69, 9.17) is 4.74 Å². The number of aliphatic hydroxyl groups excluding tert-OH is 1. The Balaban J connectivity index is 1.39. The first-order valence-electron chi connectivity index (χ1n) is 14.6. The second-order valence-electron chi connectivity index (χ2n) is 11.3. The fourth-order valence-electron chi connectivity index (χ4n) is 5.37. The predicted octanol–water partition coefficient (Wildman–Crippen LogP) is 5.35. The third-order valence-corrected chi connectivity index (χ3v) is 7.89. The number of aromatic nitrogens is 1. The Bertz CT molecular complexity index is 1530. The first-order valence-corrected chi connectivity index (χ1v) is 14.6. The van der Waals surface area contributed by atoms with Crippen LogP contribution in [0.5, 0.6) is 5.75 Å². The van der Waals surface area contributed by atoms with Crippen molar-refractivity contribution in [1.29, 1.82) is 0 Å². The van der Waals surface area contributed by atoms with E-state index >= 15 is 0 Å². The number of carbonyl (C=O) groups is 2. The van der Waals surface area contributed by atoms with Crippen molar-refractivity contribution in [2.24, 2.45) is 5.92 Å². The maximum Gasteiger partial charge on any atom is 0.258 e. The highest BCUT2D eigenvalue weighted by Crippen LogP contribution is 2.35. The quantitative estimate of drug-likeness (QED) is 0.278. The minimum absolute atomic E-state index is 0.0574. The van der Waals surface area contributed by atoms with E-state index in [1.807, 2.05) is 25.1 Å². The average molecular weight is 579 g/mol. The topological polar surface area (TPSA) is 95.0 Å². The molecule has 2 amide bonds. The molecule has 222 valence electrons. The van der Waals surface area contributed by atoms with Gasteiger partial charge < -0.3 is 20.1 Å². The number of anilines is 1. The number of ether oxygens (including phenoxy) is 1. The molecule has 4 aromatic rings. The summed E-state index contributed by atoms with van der Waals surface area (Å²) in [6, 6.07) is 26.9. The number of pyridine rings is 1. The number of aliphatic hydroxyl groups is 1. The number of fused-ring (bicyclic) bond motifs is 1. The summed E-state index contributed by atoms with van der Waals surface area (Å²) in [5.74, 6) is -0.288. The van der Waals surface area contributed by atoms with Crippen LogP contribution in [0.1, 0.15) is 40.1 Å². The number of amides is 2.